The Hall–Kier alpha value is -1.45. The number of halogens is 12. The molecule has 0 unspecified atom stereocenters. The number of amides is 1. The molecule has 0 spiro atoms. The molecule has 0 aromatic carbocycles. The van der Waals surface area contributed by atoms with Gasteiger partial charge in [-0.2, -0.15) is 52.7 Å². The van der Waals surface area contributed by atoms with Gasteiger partial charge in [-0.25, -0.2) is 0 Å². The third kappa shape index (κ3) is 3.61. The molecule has 0 radical (unpaired) electrons. The first-order valence-electron chi connectivity index (χ1n) is 7.65. The quantitative estimate of drug-likeness (QED) is 0.275. The zero-order valence-corrected chi connectivity index (χ0v) is 15.0. The number of nitrogens with zero attached hydrogens (tertiary/aromatic N) is 2. The van der Waals surface area contributed by atoms with Gasteiger partial charge < -0.3 is 9.80 Å². The number of hydrogen-bond acceptors (Lipinski definition) is 2. The summed E-state index contributed by atoms with van der Waals surface area (Å²) in [6, 6.07) is -21.4. The van der Waals surface area contributed by atoms with Crippen molar-refractivity contribution in [2.75, 3.05) is 34.2 Å². The van der Waals surface area contributed by atoms with Crippen molar-refractivity contribution in [1.82, 2.24) is 10.2 Å². The molecule has 1 rings (SSSR count). The summed E-state index contributed by atoms with van der Waals surface area (Å²) in [5, 5.41) is 1.15. The molecular formula is C13H16F12N3O+. The van der Waals surface area contributed by atoms with Crippen molar-refractivity contribution in [2.24, 2.45) is 0 Å². The molecule has 1 aliphatic heterocycles. The number of likely N-dealkylation sites (tertiary alicyclic amines) is 1. The van der Waals surface area contributed by atoms with Crippen LogP contribution in [-0.2, 0) is 4.79 Å². The molecule has 4 nitrogen and oxygen atoms in total. The van der Waals surface area contributed by atoms with E-state index in [1.165, 1.54) is 0 Å². The van der Waals surface area contributed by atoms with Gasteiger partial charge in [0.05, 0.1) is 27.7 Å². The molecule has 1 amide bonds. The second-order valence-corrected chi connectivity index (χ2v) is 7.31. The predicted molar refractivity (Wildman–Crippen MR) is 72.0 cm³/mol. The van der Waals surface area contributed by atoms with Crippen molar-refractivity contribution in [3.05, 3.63) is 0 Å². The van der Waals surface area contributed by atoms with Crippen LogP contribution in [-0.4, -0.2) is 85.4 Å². The second kappa shape index (κ2) is 6.78. The summed E-state index contributed by atoms with van der Waals surface area (Å²) in [6.45, 7) is -0.567. The van der Waals surface area contributed by atoms with Gasteiger partial charge in [-0.1, -0.05) is 0 Å². The topological polar surface area (TPSA) is 32.3 Å². The molecule has 1 aliphatic rings. The molecular weight excluding hydrogens is 442 g/mol. The van der Waals surface area contributed by atoms with Crippen molar-refractivity contribution < 1.29 is 62.0 Å². The first kappa shape index (κ1) is 25.6. The fourth-order valence-electron chi connectivity index (χ4n) is 2.33. The Morgan fingerprint density at radius 2 is 1.24 bits per heavy atom. The molecule has 1 heterocycles. The van der Waals surface area contributed by atoms with Crippen LogP contribution in [0.4, 0.5) is 52.7 Å². The van der Waals surface area contributed by atoms with Gasteiger partial charge in [0.2, 0.25) is 0 Å². The van der Waals surface area contributed by atoms with Gasteiger partial charge in [0.1, 0.15) is 0 Å². The molecule has 1 saturated heterocycles. The standard InChI is InChI=1S/C13H15F12N3O/c1-28(2,3)6-4-5-26-7(29)8(14,15)11(20,21)27-12(22,23)9(16,17)10(18,19)13(27,24)25/h4-6H2,1-3H3/p+1. The number of rotatable bonds is 7. The van der Waals surface area contributed by atoms with E-state index in [1.54, 1.807) is 21.1 Å². The van der Waals surface area contributed by atoms with E-state index in [0.717, 1.165) is 5.32 Å². The van der Waals surface area contributed by atoms with Crippen molar-refractivity contribution >= 4 is 5.91 Å². The van der Waals surface area contributed by atoms with E-state index < -0.39 is 53.3 Å². The first-order chi connectivity index (χ1) is 12.5. The highest BCUT2D eigenvalue weighted by Crippen LogP contribution is 2.66. The summed E-state index contributed by atoms with van der Waals surface area (Å²) in [4.78, 5) is 7.70. The largest absolute Gasteiger partial charge is 0.401 e. The van der Waals surface area contributed by atoms with E-state index in [2.05, 4.69) is 0 Å². The summed E-state index contributed by atoms with van der Waals surface area (Å²) in [7, 11) is 4.84. The van der Waals surface area contributed by atoms with Gasteiger partial charge in [-0.15, -0.1) is 4.90 Å². The lowest BCUT2D eigenvalue weighted by molar-refractivity contribution is -0.870. The van der Waals surface area contributed by atoms with Crippen LogP contribution in [0, 0.1) is 0 Å². The molecule has 1 N–H and O–H groups in total. The highest BCUT2D eigenvalue weighted by atomic mass is 19.4. The number of carbonyl (C=O) groups is 1. The van der Waals surface area contributed by atoms with Gasteiger partial charge in [0, 0.05) is 13.0 Å². The van der Waals surface area contributed by atoms with E-state index in [4.69, 9.17) is 0 Å². The summed E-state index contributed by atoms with van der Waals surface area (Å²) in [6.07, 6.45) is -0.122. The zero-order valence-electron chi connectivity index (χ0n) is 15.0. The molecule has 0 saturated carbocycles. The van der Waals surface area contributed by atoms with E-state index in [1.807, 2.05) is 0 Å². The van der Waals surface area contributed by atoms with Crippen molar-refractivity contribution in [1.29, 1.82) is 0 Å². The molecule has 0 aromatic heterocycles. The average molecular weight is 458 g/mol. The Morgan fingerprint density at radius 3 is 1.59 bits per heavy atom. The third-order valence-corrected chi connectivity index (χ3v) is 3.95. The maximum Gasteiger partial charge on any atom is 0.401 e. The lowest BCUT2D eigenvalue weighted by Gasteiger charge is -2.37. The summed E-state index contributed by atoms with van der Waals surface area (Å²) >= 11 is 0. The van der Waals surface area contributed by atoms with E-state index >= 15 is 0 Å². The summed E-state index contributed by atoms with van der Waals surface area (Å²) in [5.41, 5.74) is 0. The molecule has 172 valence electrons. The highest BCUT2D eigenvalue weighted by Gasteiger charge is 2.98. The minimum Gasteiger partial charge on any atom is -0.350 e. The van der Waals surface area contributed by atoms with E-state index in [0.29, 0.717) is 0 Å². The lowest BCUT2D eigenvalue weighted by Crippen LogP contribution is -2.68. The van der Waals surface area contributed by atoms with Crippen molar-refractivity contribution in [3.63, 3.8) is 0 Å². The molecule has 1 fully saturated rings. The van der Waals surface area contributed by atoms with Gasteiger partial charge >= 0.3 is 35.9 Å². The van der Waals surface area contributed by atoms with Gasteiger partial charge in [0.25, 0.3) is 5.91 Å². The van der Waals surface area contributed by atoms with Gasteiger partial charge in [0.15, 0.2) is 0 Å². The van der Waals surface area contributed by atoms with Crippen LogP contribution in [0.25, 0.3) is 0 Å². The minimum absolute atomic E-state index is 0.122. The lowest BCUT2D eigenvalue weighted by atomic mass is 10.2. The second-order valence-electron chi connectivity index (χ2n) is 7.31. The van der Waals surface area contributed by atoms with Gasteiger partial charge in [-0.05, 0) is 0 Å². The first-order valence-corrected chi connectivity index (χ1v) is 7.65. The van der Waals surface area contributed by atoms with E-state index in [9.17, 15) is 57.5 Å². The van der Waals surface area contributed by atoms with Crippen LogP contribution in [0.1, 0.15) is 6.42 Å². The Balaban J connectivity index is 3.23. The van der Waals surface area contributed by atoms with Gasteiger partial charge in [-0.3, -0.25) is 4.79 Å². The molecule has 0 bridgehead atoms. The number of hydrogen-bond donors (Lipinski definition) is 1. The monoisotopic (exact) mass is 458 g/mol. The fourth-order valence-corrected chi connectivity index (χ4v) is 2.33. The molecule has 16 heteroatoms. The smallest absolute Gasteiger partial charge is 0.350 e. The summed E-state index contributed by atoms with van der Waals surface area (Å²) in [5.74, 6) is -23.9. The maximum absolute atomic E-state index is 13.8. The molecule has 0 aliphatic carbocycles. The van der Waals surface area contributed by atoms with Crippen LogP contribution in [0.5, 0.6) is 0 Å². The zero-order chi connectivity index (χ0) is 23.5. The predicted octanol–water partition coefficient (Wildman–Crippen LogP) is 3.20. The third-order valence-electron chi connectivity index (χ3n) is 3.95. The number of nitrogens with one attached hydrogen (secondary N) is 1. The van der Waals surface area contributed by atoms with Crippen LogP contribution >= 0.6 is 0 Å². The number of alkyl halides is 12. The fraction of sp³-hybridized carbons (Fsp3) is 0.923. The Labute approximate surface area is 156 Å². The minimum atomic E-state index is -7.15. The highest BCUT2D eigenvalue weighted by molar-refractivity contribution is 5.84. The number of quaternary nitrogens is 1. The SMILES string of the molecule is C[N+](C)(C)CCCNC(=O)C(F)(F)C(F)(F)N1C(F)(F)C(F)(F)C(F)(F)C1(F)F. The normalized spacial score (nSPS) is 23.8. The molecule has 0 atom stereocenters. The van der Waals surface area contributed by atoms with Crippen LogP contribution < -0.4 is 5.32 Å². The maximum atomic E-state index is 13.8. The van der Waals surface area contributed by atoms with Crippen molar-refractivity contribution in [3.8, 4) is 0 Å². The van der Waals surface area contributed by atoms with Crippen LogP contribution in [0.2, 0.25) is 0 Å². The summed E-state index contributed by atoms with van der Waals surface area (Å²) < 4.78 is 161. The van der Waals surface area contributed by atoms with Crippen LogP contribution in [0.15, 0.2) is 0 Å². The van der Waals surface area contributed by atoms with Crippen molar-refractivity contribution in [2.45, 2.75) is 42.3 Å². The average Bonchev–Trinajstić information content (AvgIpc) is 2.55. The Kier molecular flexibility index (Phi) is 5.98. The Bertz CT molecular complexity index is 617. The molecule has 0 aromatic rings. The molecule has 29 heavy (non-hydrogen) atoms. The Morgan fingerprint density at radius 1 is 0.862 bits per heavy atom. The number of carbonyl (C=O) groups excluding carboxylic acids is 1. The van der Waals surface area contributed by atoms with E-state index in [-0.39, 0.29) is 17.4 Å². The van der Waals surface area contributed by atoms with Crippen LogP contribution in [0.3, 0.4) is 0 Å².